The van der Waals surface area contributed by atoms with Crippen molar-refractivity contribution in [3.63, 3.8) is 0 Å². The number of methoxy groups -OCH3 is 2. The summed E-state index contributed by atoms with van der Waals surface area (Å²) in [6.07, 6.45) is 1.69. The van der Waals surface area contributed by atoms with Crippen LogP contribution in [0.25, 0.3) is 6.08 Å². The summed E-state index contributed by atoms with van der Waals surface area (Å²) in [5, 5.41) is 9.82. The highest BCUT2D eigenvalue weighted by Gasteiger charge is 2.35. The molecule has 4 rings (SSSR count). The molecule has 1 aliphatic rings. The van der Waals surface area contributed by atoms with Gasteiger partial charge in [-0.2, -0.15) is 0 Å². The van der Waals surface area contributed by atoms with Crippen LogP contribution >= 0.6 is 27.3 Å². The van der Waals surface area contributed by atoms with E-state index in [1.165, 1.54) is 30.1 Å². The van der Waals surface area contributed by atoms with Gasteiger partial charge in [0.05, 0.1) is 41.1 Å². The van der Waals surface area contributed by atoms with Crippen molar-refractivity contribution in [2.24, 2.45) is 4.99 Å². The van der Waals surface area contributed by atoms with E-state index in [2.05, 4.69) is 20.9 Å². The normalized spacial score (nSPS) is 15.5. The zero-order valence-electron chi connectivity index (χ0n) is 19.5. The lowest BCUT2D eigenvalue weighted by Gasteiger charge is -2.26. The predicted molar refractivity (Wildman–Crippen MR) is 136 cm³/mol. The van der Waals surface area contributed by atoms with Crippen LogP contribution in [0.15, 0.2) is 61.9 Å². The average Bonchev–Trinajstić information content (AvgIpc) is 3.12. The van der Waals surface area contributed by atoms with Gasteiger partial charge in [-0.15, -0.1) is 0 Å². The van der Waals surface area contributed by atoms with Gasteiger partial charge in [0.2, 0.25) is 0 Å². The molecule has 0 unspecified atom stereocenters. The van der Waals surface area contributed by atoms with Crippen molar-refractivity contribution >= 4 is 39.3 Å². The van der Waals surface area contributed by atoms with E-state index >= 15 is 0 Å². The summed E-state index contributed by atoms with van der Waals surface area (Å²) < 4.78 is 18.9. The molecule has 0 fully saturated rings. The molecule has 0 saturated carbocycles. The monoisotopic (exact) mass is 558 g/mol. The predicted octanol–water partition coefficient (Wildman–Crippen LogP) is 3.28. The second kappa shape index (κ2) is 10.1. The first kappa shape index (κ1) is 24.7. The van der Waals surface area contributed by atoms with Crippen LogP contribution in [0, 0.1) is 0 Å². The van der Waals surface area contributed by atoms with Crippen LogP contribution < -0.4 is 24.4 Å². The molecule has 0 amide bonds. The zero-order chi connectivity index (χ0) is 25.3. The third-order valence-electron chi connectivity index (χ3n) is 5.48. The number of carbonyl (C=O) groups is 1. The minimum absolute atomic E-state index is 0.0951. The Balaban J connectivity index is 2.03. The third-order valence-corrected chi connectivity index (χ3v) is 7.09. The number of esters is 1. The summed E-state index contributed by atoms with van der Waals surface area (Å²) in [6.45, 7) is 3.61. The van der Waals surface area contributed by atoms with Crippen LogP contribution in [0.2, 0.25) is 0 Å². The molecule has 35 heavy (non-hydrogen) atoms. The average molecular weight is 559 g/mol. The number of aromatic nitrogens is 1. The minimum Gasteiger partial charge on any atom is -0.508 e. The molecule has 10 heteroatoms. The molecule has 182 valence electrons. The number of fused-ring (bicyclic) bond motifs is 1. The molecule has 0 aliphatic carbocycles. The van der Waals surface area contributed by atoms with Crippen LogP contribution in [0.4, 0.5) is 0 Å². The number of aromatic hydroxyl groups is 1. The number of phenolic OH excluding ortho intramolecular Hbond substituents is 1. The molecule has 1 N–H and O–H groups in total. The summed E-state index contributed by atoms with van der Waals surface area (Å²) in [6, 6.07) is 9.23. The Labute approximate surface area is 213 Å². The van der Waals surface area contributed by atoms with E-state index in [9.17, 15) is 14.7 Å². The van der Waals surface area contributed by atoms with Gasteiger partial charge in [0.1, 0.15) is 23.3 Å². The van der Waals surface area contributed by atoms with Gasteiger partial charge in [-0.1, -0.05) is 23.5 Å². The van der Waals surface area contributed by atoms with Gasteiger partial charge in [0.15, 0.2) is 4.80 Å². The highest BCUT2D eigenvalue weighted by atomic mass is 79.9. The zero-order valence-corrected chi connectivity index (χ0v) is 21.9. The first-order valence-corrected chi connectivity index (χ1v) is 12.3. The lowest BCUT2D eigenvalue weighted by atomic mass is 9.95. The quantitative estimate of drug-likeness (QED) is 0.466. The van der Waals surface area contributed by atoms with Crippen molar-refractivity contribution in [1.82, 2.24) is 4.57 Å². The number of carbonyl (C=O) groups excluding carboxylic acids is 1. The van der Waals surface area contributed by atoms with Gasteiger partial charge in [0.25, 0.3) is 5.56 Å². The Morgan fingerprint density at radius 3 is 2.63 bits per heavy atom. The van der Waals surface area contributed by atoms with E-state index in [1.54, 1.807) is 56.3 Å². The number of nitrogens with zero attached hydrogens (tertiary/aromatic N) is 2. The molecular weight excluding hydrogens is 536 g/mol. The molecule has 0 spiro atoms. The molecule has 0 radical (unpaired) electrons. The highest BCUT2D eigenvalue weighted by molar-refractivity contribution is 9.10. The number of hydrogen-bond donors (Lipinski definition) is 1. The van der Waals surface area contributed by atoms with E-state index in [0.29, 0.717) is 42.1 Å². The van der Waals surface area contributed by atoms with Gasteiger partial charge in [-0.3, -0.25) is 9.36 Å². The summed E-state index contributed by atoms with van der Waals surface area (Å²) in [5.41, 5.74) is 1.61. The van der Waals surface area contributed by atoms with Gasteiger partial charge in [-0.05, 0) is 59.6 Å². The number of thiazole rings is 1. The van der Waals surface area contributed by atoms with Crippen molar-refractivity contribution in [3.8, 4) is 17.2 Å². The third kappa shape index (κ3) is 4.63. The summed E-state index contributed by atoms with van der Waals surface area (Å²) in [7, 11) is 3.05. The molecule has 2 heterocycles. The Morgan fingerprint density at radius 1 is 1.23 bits per heavy atom. The minimum atomic E-state index is -0.839. The van der Waals surface area contributed by atoms with Gasteiger partial charge < -0.3 is 19.3 Å². The number of allylic oxidation sites excluding steroid dienone is 1. The number of rotatable bonds is 6. The fourth-order valence-electron chi connectivity index (χ4n) is 3.95. The fraction of sp³-hybridized carbons (Fsp3) is 0.240. The summed E-state index contributed by atoms with van der Waals surface area (Å²) in [4.78, 5) is 31.8. The van der Waals surface area contributed by atoms with Crippen LogP contribution in [0.5, 0.6) is 17.2 Å². The van der Waals surface area contributed by atoms with E-state index in [-0.39, 0.29) is 23.5 Å². The van der Waals surface area contributed by atoms with Crippen molar-refractivity contribution < 1.29 is 24.1 Å². The Kier molecular flexibility index (Phi) is 7.13. The maximum atomic E-state index is 13.7. The standard InChI is InChI=1S/C25H23BrN2O6S/c1-5-34-24(31)21-13(2)27-25-28(22(21)16-11-17(26)19(33-4)12-18(16)32-3)23(30)20(35-25)10-14-7-6-8-15(29)9-14/h6-12,22,29H,5H2,1-4H3/t22-/m1/s1. The van der Waals surface area contributed by atoms with Gasteiger partial charge in [-0.25, -0.2) is 9.79 Å². The topological polar surface area (TPSA) is 99.4 Å². The number of benzene rings is 2. The number of hydrogen-bond acceptors (Lipinski definition) is 8. The summed E-state index contributed by atoms with van der Waals surface area (Å²) >= 11 is 4.70. The lowest BCUT2D eigenvalue weighted by Crippen LogP contribution is -2.40. The van der Waals surface area contributed by atoms with E-state index in [4.69, 9.17) is 14.2 Å². The molecular formula is C25H23BrN2O6S. The second-order valence-corrected chi connectivity index (χ2v) is 9.49. The maximum absolute atomic E-state index is 13.7. The van der Waals surface area contributed by atoms with E-state index < -0.39 is 12.0 Å². The van der Waals surface area contributed by atoms with Crippen molar-refractivity contribution in [2.75, 3.05) is 20.8 Å². The van der Waals surface area contributed by atoms with E-state index in [0.717, 1.165) is 0 Å². The second-order valence-electron chi connectivity index (χ2n) is 7.63. The SMILES string of the molecule is CCOC(=O)C1=C(C)N=c2sc(=Cc3cccc(O)c3)c(=O)n2[C@@H]1c1cc(Br)c(OC)cc1OC. The molecule has 1 atom stereocenters. The molecule has 3 aromatic rings. The van der Waals surface area contributed by atoms with Gasteiger partial charge in [0, 0.05) is 11.6 Å². The molecule has 1 aliphatic heterocycles. The summed E-state index contributed by atoms with van der Waals surface area (Å²) in [5.74, 6) is 0.516. The largest absolute Gasteiger partial charge is 0.508 e. The van der Waals surface area contributed by atoms with Crippen LogP contribution in [0.3, 0.4) is 0 Å². The number of halogens is 1. The van der Waals surface area contributed by atoms with Crippen LogP contribution in [0.1, 0.15) is 31.0 Å². The first-order chi connectivity index (χ1) is 16.8. The Hall–Kier alpha value is -3.37. The molecule has 0 bridgehead atoms. The lowest BCUT2D eigenvalue weighted by molar-refractivity contribution is -0.139. The molecule has 2 aromatic carbocycles. The van der Waals surface area contributed by atoms with Crippen LogP contribution in [-0.4, -0.2) is 36.5 Å². The number of phenols is 1. The molecule has 1 aromatic heterocycles. The Bertz CT molecular complexity index is 1520. The number of ether oxygens (including phenoxy) is 3. The van der Waals surface area contributed by atoms with Crippen LogP contribution in [-0.2, 0) is 9.53 Å². The molecule has 8 nitrogen and oxygen atoms in total. The highest BCUT2D eigenvalue weighted by Crippen LogP contribution is 2.41. The van der Waals surface area contributed by atoms with E-state index in [1.807, 2.05) is 0 Å². The smallest absolute Gasteiger partial charge is 0.338 e. The molecule has 0 saturated heterocycles. The first-order valence-electron chi connectivity index (χ1n) is 10.7. The Morgan fingerprint density at radius 2 is 1.97 bits per heavy atom. The maximum Gasteiger partial charge on any atom is 0.338 e. The van der Waals surface area contributed by atoms with Crippen molar-refractivity contribution in [2.45, 2.75) is 19.9 Å². The van der Waals surface area contributed by atoms with Crippen molar-refractivity contribution in [1.29, 1.82) is 0 Å². The van der Waals surface area contributed by atoms with Gasteiger partial charge >= 0.3 is 5.97 Å². The van der Waals surface area contributed by atoms with Crippen molar-refractivity contribution in [3.05, 3.63) is 83.0 Å². The fourth-order valence-corrected chi connectivity index (χ4v) is 5.52.